The second-order valence-electron chi connectivity index (χ2n) is 7.29. The van der Waals surface area contributed by atoms with Crippen LogP contribution in [0.5, 0.6) is 0 Å². The van der Waals surface area contributed by atoms with Crippen molar-refractivity contribution < 1.29 is 19.4 Å². The maximum absolute atomic E-state index is 12.7. The Bertz CT molecular complexity index is 599. The number of benzene rings is 1. The van der Waals surface area contributed by atoms with Gasteiger partial charge in [-0.2, -0.15) is 0 Å². The Balaban J connectivity index is 1.56. The Morgan fingerprint density at radius 2 is 1.81 bits per heavy atom. The number of hydrogen-bond acceptors (Lipinski definition) is 4. The fraction of sp³-hybridized carbons (Fsp3) is 0.600. The summed E-state index contributed by atoms with van der Waals surface area (Å²) in [7, 11) is 0. The molecule has 0 spiro atoms. The highest BCUT2D eigenvalue weighted by molar-refractivity contribution is 5.86. The number of ether oxygens (including phenoxy) is 1. The van der Waals surface area contributed by atoms with Gasteiger partial charge in [0.2, 0.25) is 5.91 Å². The van der Waals surface area contributed by atoms with E-state index in [2.05, 4.69) is 5.32 Å². The van der Waals surface area contributed by atoms with Gasteiger partial charge in [0.05, 0.1) is 12.6 Å². The van der Waals surface area contributed by atoms with Gasteiger partial charge in [-0.25, -0.2) is 4.79 Å². The smallest absolute Gasteiger partial charge is 0.410 e. The van der Waals surface area contributed by atoms with E-state index in [0.717, 1.165) is 31.2 Å². The molecule has 0 bridgehead atoms. The van der Waals surface area contributed by atoms with Crippen molar-refractivity contribution in [2.75, 3.05) is 6.54 Å². The third kappa shape index (κ3) is 4.97. The Hall–Kier alpha value is -2.08. The van der Waals surface area contributed by atoms with Gasteiger partial charge in [0, 0.05) is 12.5 Å². The number of rotatable bonds is 4. The van der Waals surface area contributed by atoms with Crippen molar-refractivity contribution in [2.24, 2.45) is 0 Å². The molecule has 0 unspecified atom stereocenters. The Morgan fingerprint density at radius 1 is 1.12 bits per heavy atom. The molecule has 1 aromatic rings. The molecule has 26 heavy (non-hydrogen) atoms. The van der Waals surface area contributed by atoms with Crippen LogP contribution in [0.1, 0.15) is 50.5 Å². The number of carbonyl (C=O) groups is 2. The Labute approximate surface area is 154 Å². The predicted octanol–water partition coefficient (Wildman–Crippen LogP) is 2.60. The van der Waals surface area contributed by atoms with Crippen LogP contribution in [0.25, 0.3) is 0 Å². The average Bonchev–Trinajstić information content (AvgIpc) is 2.87. The van der Waals surface area contributed by atoms with Crippen LogP contribution in [0.3, 0.4) is 0 Å². The number of amides is 2. The minimum atomic E-state index is -0.691. The van der Waals surface area contributed by atoms with Crippen molar-refractivity contribution in [3.05, 3.63) is 35.9 Å². The van der Waals surface area contributed by atoms with Crippen LogP contribution in [0.15, 0.2) is 30.3 Å². The highest BCUT2D eigenvalue weighted by Crippen LogP contribution is 2.22. The van der Waals surface area contributed by atoms with Crippen molar-refractivity contribution in [3.8, 4) is 0 Å². The largest absolute Gasteiger partial charge is 0.445 e. The number of likely N-dealkylation sites (tertiary alicyclic amines) is 1. The first-order valence-electron chi connectivity index (χ1n) is 9.59. The second kappa shape index (κ2) is 9.03. The molecule has 2 amide bonds. The molecule has 1 aliphatic carbocycles. The van der Waals surface area contributed by atoms with Crippen LogP contribution in [0.2, 0.25) is 0 Å². The molecule has 142 valence electrons. The van der Waals surface area contributed by atoms with Crippen molar-refractivity contribution >= 4 is 12.0 Å². The SMILES string of the molecule is O=C(NC1CCCCCC1)[C@H]1C[C@H](O)CN1C(=O)OCc1ccccc1. The highest BCUT2D eigenvalue weighted by atomic mass is 16.6. The molecule has 1 saturated carbocycles. The van der Waals surface area contributed by atoms with Gasteiger partial charge in [0.25, 0.3) is 0 Å². The fourth-order valence-corrected chi connectivity index (χ4v) is 3.79. The van der Waals surface area contributed by atoms with Crippen LogP contribution < -0.4 is 5.32 Å². The quantitative estimate of drug-likeness (QED) is 0.809. The van der Waals surface area contributed by atoms with Crippen LogP contribution >= 0.6 is 0 Å². The topological polar surface area (TPSA) is 78.9 Å². The van der Waals surface area contributed by atoms with Crippen molar-refractivity contribution in [1.29, 1.82) is 0 Å². The predicted molar refractivity (Wildman–Crippen MR) is 97.4 cm³/mol. The summed E-state index contributed by atoms with van der Waals surface area (Å²) in [5, 5.41) is 13.1. The van der Waals surface area contributed by atoms with E-state index in [-0.39, 0.29) is 31.5 Å². The van der Waals surface area contributed by atoms with Crippen molar-refractivity contribution in [1.82, 2.24) is 10.2 Å². The Kier molecular flexibility index (Phi) is 6.50. The van der Waals surface area contributed by atoms with Gasteiger partial charge in [-0.15, -0.1) is 0 Å². The summed E-state index contributed by atoms with van der Waals surface area (Å²) in [5.74, 6) is -0.176. The molecule has 3 rings (SSSR count). The molecule has 6 heteroatoms. The van der Waals surface area contributed by atoms with Crippen LogP contribution in [-0.2, 0) is 16.1 Å². The van der Waals surface area contributed by atoms with Gasteiger partial charge < -0.3 is 15.2 Å². The number of hydrogen-bond donors (Lipinski definition) is 2. The second-order valence-corrected chi connectivity index (χ2v) is 7.29. The van der Waals surface area contributed by atoms with E-state index in [1.165, 1.54) is 17.7 Å². The molecular formula is C20H28N2O4. The summed E-state index contributed by atoms with van der Waals surface area (Å²) in [6.07, 6.45) is 5.68. The van der Waals surface area contributed by atoms with E-state index < -0.39 is 18.2 Å². The van der Waals surface area contributed by atoms with Gasteiger partial charge in [-0.1, -0.05) is 56.0 Å². The lowest BCUT2D eigenvalue weighted by Crippen LogP contribution is -2.48. The van der Waals surface area contributed by atoms with E-state index in [1.807, 2.05) is 30.3 Å². The molecule has 1 aliphatic heterocycles. The molecule has 2 atom stereocenters. The lowest BCUT2D eigenvalue weighted by Gasteiger charge is -2.25. The summed E-state index contributed by atoms with van der Waals surface area (Å²) < 4.78 is 5.35. The monoisotopic (exact) mass is 360 g/mol. The molecule has 1 heterocycles. The number of β-amino-alcohol motifs (C(OH)–C–C–N with tert-alkyl or cyclic N) is 1. The summed E-state index contributed by atoms with van der Waals surface area (Å²) in [5.41, 5.74) is 0.889. The van der Waals surface area contributed by atoms with E-state index in [4.69, 9.17) is 4.74 Å². The van der Waals surface area contributed by atoms with Crippen LogP contribution in [0.4, 0.5) is 4.79 Å². The number of nitrogens with zero attached hydrogens (tertiary/aromatic N) is 1. The molecule has 1 aromatic carbocycles. The standard InChI is InChI=1S/C20H28N2O4/c23-17-12-18(19(24)21-16-10-6-1-2-7-11-16)22(13-17)20(25)26-14-15-8-4-3-5-9-15/h3-5,8-9,16-18,23H,1-2,6-7,10-14H2,(H,21,24)/t17-,18+/m0/s1. The average molecular weight is 360 g/mol. The molecule has 0 aromatic heterocycles. The first-order chi connectivity index (χ1) is 12.6. The van der Waals surface area contributed by atoms with Gasteiger partial charge in [-0.05, 0) is 18.4 Å². The summed E-state index contributed by atoms with van der Waals surface area (Å²) >= 11 is 0. The zero-order chi connectivity index (χ0) is 18.4. The van der Waals surface area contributed by atoms with Crippen LogP contribution in [0, 0.1) is 0 Å². The minimum Gasteiger partial charge on any atom is -0.445 e. The summed E-state index contributed by atoms with van der Waals surface area (Å²) in [6, 6.07) is 8.93. The molecule has 6 nitrogen and oxygen atoms in total. The highest BCUT2D eigenvalue weighted by Gasteiger charge is 2.40. The van der Waals surface area contributed by atoms with Gasteiger partial charge in [-0.3, -0.25) is 9.69 Å². The molecule has 2 fully saturated rings. The van der Waals surface area contributed by atoms with Gasteiger partial charge in [0.15, 0.2) is 0 Å². The lowest BCUT2D eigenvalue weighted by atomic mass is 10.1. The third-order valence-corrected chi connectivity index (χ3v) is 5.22. The summed E-state index contributed by atoms with van der Waals surface area (Å²) in [6.45, 7) is 0.291. The van der Waals surface area contributed by atoms with E-state index in [9.17, 15) is 14.7 Å². The zero-order valence-electron chi connectivity index (χ0n) is 15.1. The number of aliphatic hydroxyl groups is 1. The third-order valence-electron chi connectivity index (χ3n) is 5.22. The van der Waals surface area contributed by atoms with Crippen molar-refractivity contribution in [2.45, 2.75) is 69.7 Å². The molecule has 2 aliphatic rings. The first-order valence-corrected chi connectivity index (χ1v) is 9.59. The maximum atomic E-state index is 12.7. The molecule has 0 radical (unpaired) electrons. The van der Waals surface area contributed by atoms with E-state index >= 15 is 0 Å². The zero-order valence-corrected chi connectivity index (χ0v) is 15.1. The molecule has 2 N–H and O–H groups in total. The number of carbonyl (C=O) groups excluding carboxylic acids is 2. The molecular weight excluding hydrogens is 332 g/mol. The fourth-order valence-electron chi connectivity index (χ4n) is 3.79. The van der Waals surface area contributed by atoms with E-state index in [1.54, 1.807) is 0 Å². The minimum absolute atomic E-state index is 0.135. The first kappa shape index (κ1) is 18.7. The lowest BCUT2D eigenvalue weighted by molar-refractivity contribution is -0.126. The van der Waals surface area contributed by atoms with Gasteiger partial charge in [0.1, 0.15) is 12.6 Å². The van der Waals surface area contributed by atoms with E-state index in [0.29, 0.717) is 0 Å². The van der Waals surface area contributed by atoms with Gasteiger partial charge >= 0.3 is 6.09 Å². The Morgan fingerprint density at radius 3 is 2.50 bits per heavy atom. The summed E-state index contributed by atoms with van der Waals surface area (Å²) in [4.78, 5) is 26.5. The molecule has 1 saturated heterocycles. The van der Waals surface area contributed by atoms with Crippen molar-refractivity contribution in [3.63, 3.8) is 0 Å². The normalized spacial score (nSPS) is 24.1. The number of nitrogens with one attached hydrogen (secondary N) is 1. The maximum Gasteiger partial charge on any atom is 0.410 e. The number of aliphatic hydroxyl groups excluding tert-OH is 1. The van der Waals surface area contributed by atoms with Crippen LogP contribution in [-0.4, -0.2) is 46.7 Å².